The summed E-state index contributed by atoms with van der Waals surface area (Å²) in [5.74, 6) is 0.720. The van der Waals surface area contributed by atoms with E-state index in [0.717, 1.165) is 18.5 Å². The van der Waals surface area contributed by atoms with Gasteiger partial charge < -0.3 is 15.5 Å². The van der Waals surface area contributed by atoms with E-state index in [1.165, 1.54) is 12.8 Å². The molecular formula is C17H29IN4O. The van der Waals surface area contributed by atoms with Gasteiger partial charge in [0.1, 0.15) is 0 Å². The molecule has 0 bridgehead atoms. The number of aliphatic imine (C=N–C) groups is 1. The Morgan fingerprint density at radius 2 is 1.83 bits per heavy atom. The molecule has 6 heteroatoms. The Morgan fingerprint density at radius 1 is 1.13 bits per heavy atom. The first-order valence-electron chi connectivity index (χ1n) is 7.89. The first kappa shape index (κ1) is 21.7. The minimum Gasteiger partial charge on any atom is -0.356 e. The highest BCUT2D eigenvalue weighted by atomic mass is 127. The number of likely N-dealkylation sites (N-methyl/N-ethyl adjacent to an activating group) is 1. The van der Waals surface area contributed by atoms with Gasteiger partial charge in [-0.1, -0.05) is 50.1 Å². The Kier molecular flexibility index (Phi) is 12.4. The van der Waals surface area contributed by atoms with Gasteiger partial charge in [-0.3, -0.25) is 4.79 Å². The summed E-state index contributed by atoms with van der Waals surface area (Å²) < 4.78 is 0. The molecule has 1 aromatic rings. The van der Waals surface area contributed by atoms with E-state index in [1.807, 2.05) is 30.3 Å². The summed E-state index contributed by atoms with van der Waals surface area (Å²) in [4.78, 5) is 17.8. The maximum Gasteiger partial charge on any atom is 0.241 e. The minimum absolute atomic E-state index is 0. The zero-order chi connectivity index (χ0) is 16.2. The highest BCUT2D eigenvalue weighted by molar-refractivity contribution is 14.0. The number of unbranched alkanes of at least 4 members (excludes halogenated alkanes) is 2. The van der Waals surface area contributed by atoms with Crippen LogP contribution < -0.4 is 10.6 Å². The van der Waals surface area contributed by atoms with Gasteiger partial charge in [-0.05, 0) is 12.0 Å². The molecule has 0 fully saturated rings. The monoisotopic (exact) mass is 432 g/mol. The van der Waals surface area contributed by atoms with Crippen molar-refractivity contribution >= 4 is 35.8 Å². The maximum absolute atomic E-state index is 11.7. The Balaban J connectivity index is 0.00000484. The molecular weight excluding hydrogens is 403 g/mol. The number of nitrogens with one attached hydrogen (secondary N) is 2. The van der Waals surface area contributed by atoms with Gasteiger partial charge in [0.15, 0.2) is 5.96 Å². The molecule has 0 atom stereocenters. The van der Waals surface area contributed by atoms with E-state index in [9.17, 15) is 4.79 Å². The van der Waals surface area contributed by atoms with Gasteiger partial charge in [0.05, 0.1) is 13.1 Å². The second-order valence-electron chi connectivity index (χ2n) is 5.43. The van der Waals surface area contributed by atoms with Crippen molar-refractivity contribution in [3.8, 4) is 0 Å². The van der Waals surface area contributed by atoms with Crippen LogP contribution in [0, 0.1) is 0 Å². The van der Waals surface area contributed by atoms with Crippen molar-refractivity contribution < 1.29 is 4.79 Å². The molecule has 5 nitrogen and oxygen atoms in total. The topological polar surface area (TPSA) is 56.7 Å². The molecule has 0 aliphatic heterocycles. The minimum atomic E-state index is 0. The summed E-state index contributed by atoms with van der Waals surface area (Å²) in [5.41, 5.74) is 1.15. The number of halogens is 1. The molecule has 0 radical (unpaired) electrons. The van der Waals surface area contributed by atoms with Crippen LogP contribution in [-0.4, -0.2) is 44.0 Å². The Labute approximate surface area is 157 Å². The SMILES string of the molecule is CCCCCNC(=NCc1ccccc1)NCC(=O)N(C)C.I. The molecule has 1 amide bonds. The van der Waals surface area contributed by atoms with Gasteiger partial charge in [0, 0.05) is 20.6 Å². The van der Waals surface area contributed by atoms with Gasteiger partial charge >= 0.3 is 0 Å². The smallest absolute Gasteiger partial charge is 0.241 e. The maximum atomic E-state index is 11.7. The number of guanidine groups is 1. The number of amides is 1. The second kappa shape index (κ2) is 13.2. The van der Waals surface area contributed by atoms with Gasteiger partial charge in [0.2, 0.25) is 5.91 Å². The van der Waals surface area contributed by atoms with Crippen LogP contribution in [0.4, 0.5) is 0 Å². The van der Waals surface area contributed by atoms with E-state index in [2.05, 4.69) is 22.5 Å². The molecule has 0 heterocycles. The van der Waals surface area contributed by atoms with Crippen molar-refractivity contribution in [1.29, 1.82) is 0 Å². The standard InChI is InChI=1S/C17H28N4O.HI/c1-4-5-9-12-18-17(20-14-16(22)21(2)3)19-13-15-10-7-6-8-11-15;/h6-8,10-11H,4-5,9,12-14H2,1-3H3,(H2,18,19,20);1H. The lowest BCUT2D eigenvalue weighted by Crippen LogP contribution is -2.43. The van der Waals surface area contributed by atoms with Gasteiger partial charge in [-0.15, -0.1) is 24.0 Å². The van der Waals surface area contributed by atoms with Gasteiger partial charge in [0.25, 0.3) is 0 Å². The molecule has 0 aromatic heterocycles. The summed E-state index contributed by atoms with van der Waals surface area (Å²) in [5, 5.41) is 6.38. The number of carbonyl (C=O) groups excluding carboxylic acids is 1. The van der Waals surface area contributed by atoms with E-state index >= 15 is 0 Å². The Hall–Kier alpha value is -1.31. The fourth-order valence-corrected chi connectivity index (χ4v) is 1.83. The third-order valence-corrected chi connectivity index (χ3v) is 3.24. The first-order chi connectivity index (χ1) is 10.6. The Morgan fingerprint density at radius 3 is 2.43 bits per heavy atom. The lowest BCUT2D eigenvalue weighted by Gasteiger charge is -2.15. The predicted molar refractivity (Wildman–Crippen MR) is 107 cm³/mol. The van der Waals surface area contributed by atoms with Crippen molar-refractivity contribution in [3.05, 3.63) is 35.9 Å². The molecule has 0 spiro atoms. The largest absolute Gasteiger partial charge is 0.356 e. The van der Waals surface area contributed by atoms with Gasteiger partial charge in [-0.25, -0.2) is 4.99 Å². The molecule has 2 N–H and O–H groups in total. The van der Waals surface area contributed by atoms with E-state index < -0.39 is 0 Å². The van der Waals surface area contributed by atoms with Crippen LogP contribution in [0.5, 0.6) is 0 Å². The molecule has 0 aliphatic carbocycles. The first-order valence-corrected chi connectivity index (χ1v) is 7.89. The average Bonchev–Trinajstić information content (AvgIpc) is 2.53. The zero-order valence-corrected chi connectivity index (χ0v) is 16.7. The van der Waals surface area contributed by atoms with Crippen molar-refractivity contribution in [2.24, 2.45) is 4.99 Å². The number of nitrogens with zero attached hydrogens (tertiary/aromatic N) is 2. The number of carbonyl (C=O) groups is 1. The molecule has 0 saturated heterocycles. The molecule has 0 aliphatic rings. The number of rotatable bonds is 8. The molecule has 0 unspecified atom stereocenters. The summed E-state index contributed by atoms with van der Waals surface area (Å²) in [6.45, 7) is 3.89. The quantitative estimate of drug-likeness (QED) is 0.288. The lowest BCUT2D eigenvalue weighted by molar-refractivity contribution is -0.127. The lowest BCUT2D eigenvalue weighted by atomic mass is 10.2. The van der Waals surface area contributed by atoms with Crippen LogP contribution in [0.3, 0.4) is 0 Å². The van der Waals surface area contributed by atoms with E-state index in [1.54, 1.807) is 19.0 Å². The van der Waals surface area contributed by atoms with Crippen molar-refractivity contribution in [1.82, 2.24) is 15.5 Å². The third-order valence-electron chi connectivity index (χ3n) is 3.24. The van der Waals surface area contributed by atoms with Crippen LogP contribution >= 0.6 is 24.0 Å². The highest BCUT2D eigenvalue weighted by Gasteiger charge is 2.05. The fraction of sp³-hybridized carbons (Fsp3) is 0.529. The summed E-state index contributed by atoms with van der Waals surface area (Å²) in [6, 6.07) is 10.1. The van der Waals surface area contributed by atoms with Crippen LogP contribution in [0.15, 0.2) is 35.3 Å². The number of hydrogen-bond acceptors (Lipinski definition) is 2. The van der Waals surface area contributed by atoms with Crippen molar-refractivity contribution in [3.63, 3.8) is 0 Å². The Bertz CT molecular complexity index is 463. The van der Waals surface area contributed by atoms with Crippen LogP contribution in [0.2, 0.25) is 0 Å². The fourth-order valence-electron chi connectivity index (χ4n) is 1.83. The molecule has 1 rings (SSSR count). The van der Waals surface area contributed by atoms with E-state index in [-0.39, 0.29) is 36.4 Å². The predicted octanol–water partition coefficient (Wildman–Crippen LogP) is 2.62. The number of benzene rings is 1. The summed E-state index contributed by atoms with van der Waals surface area (Å²) >= 11 is 0. The average molecular weight is 432 g/mol. The normalized spacial score (nSPS) is 10.7. The van der Waals surface area contributed by atoms with Gasteiger partial charge in [-0.2, -0.15) is 0 Å². The number of hydrogen-bond donors (Lipinski definition) is 2. The second-order valence-corrected chi connectivity index (χ2v) is 5.43. The summed E-state index contributed by atoms with van der Waals surface area (Å²) in [7, 11) is 3.50. The van der Waals surface area contributed by atoms with E-state index in [4.69, 9.17) is 0 Å². The van der Waals surface area contributed by atoms with Crippen LogP contribution in [0.25, 0.3) is 0 Å². The van der Waals surface area contributed by atoms with Crippen molar-refractivity contribution in [2.75, 3.05) is 27.2 Å². The van der Waals surface area contributed by atoms with Crippen LogP contribution in [0.1, 0.15) is 31.7 Å². The molecule has 130 valence electrons. The highest BCUT2D eigenvalue weighted by Crippen LogP contribution is 2.00. The summed E-state index contributed by atoms with van der Waals surface area (Å²) in [6.07, 6.45) is 3.48. The van der Waals surface area contributed by atoms with E-state index in [0.29, 0.717) is 12.5 Å². The van der Waals surface area contributed by atoms with Crippen molar-refractivity contribution in [2.45, 2.75) is 32.7 Å². The molecule has 23 heavy (non-hydrogen) atoms. The molecule has 1 aromatic carbocycles. The third kappa shape index (κ3) is 10.1. The van der Waals surface area contributed by atoms with Crippen LogP contribution in [-0.2, 0) is 11.3 Å². The molecule has 0 saturated carbocycles. The zero-order valence-electron chi connectivity index (χ0n) is 14.3.